The van der Waals surface area contributed by atoms with Gasteiger partial charge in [0.1, 0.15) is 5.69 Å². The van der Waals surface area contributed by atoms with Crippen LogP contribution >= 0.6 is 0 Å². The third-order valence-corrected chi connectivity index (χ3v) is 3.04. The molecule has 0 radical (unpaired) electrons. The summed E-state index contributed by atoms with van der Waals surface area (Å²) in [7, 11) is 1.81. The predicted molar refractivity (Wildman–Crippen MR) is 63.9 cm³/mol. The fraction of sp³-hybridized carbons (Fsp3) is 0.667. The largest absolute Gasteiger partial charge is 0.379 e. The zero-order valence-corrected chi connectivity index (χ0v) is 10.3. The topological polar surface area (TPSA) is 56.1 Å². The van der Waals surface area contributed by atoms with Crippen molar-refractivity contribution in [2.24, 2.45) is 13.0 Å². The number of rotatable bonds is 5. The molecule has 2 heterocycles. The quantitative estimate of drug-likeness (QED) is 0.763. The van der Waals surface area contributed by atoms with Gasteiger partial charge in [-0.2, -0.15) is 5.10 Å². The highest BCUT2D eigenvalue weighted by Gasteiger charge is 2.34. The lowest BCUT2D eigenvalue weighted by molar-refractivity contribution is 0.0885. The molecule has 2 rings (SSSR count). The van der Waals surface area contributed by atoms with Crippen molar-refractivity contribution in [2.75, 3.05) is 19.8 Å². The maximum Gasteiger partial charge on any atom is 0.190 e. The average Bonchev–Trinajstić information content (AvgIpc) is 2.94. The van der Waals surface area contributed by atoms with Gasteiger partial charge in [0.2, 0.25) is 0 Å². The zero-order chi connectivity index (χ0) is 12.3. The Kier molecular flexibility index (Phi) is 3.91. The zero-order valence-electron chi connectivity index (χ0n) is 10.3. The van der Waals surface area contributed by atoms with E-state index in [4.69, 9.17) is 4.74 Å². The number of nitrogens with zero attached hydrogens (tertiary/aromatic N) is 2. The van der Waals surface area contributed by atoms with Gasteiger partial charge in [0.15, 0.2) is 5.78 Å². The first-order valence-corrected chi connectivity index (χ1v) is 6.07. The van der Waals surface area contributed by atoms with Crippen LogP contribution in [0.15, 0.2) is 12.3 Å². The molecule has 0 spiro atoms. The highest BCUT2D eigenvalue weighted by atomic mass is 16.5. The van der Waals surface area contributed by atoms with Crippen molar-refractivity contribution in [2.45, 2.75) is 19.4 Å². The van der Waals surface area contributed by atoms with E-state index in [0.29, 0.717) is 18.9 Å². The van der Waals surface area contributed by atoms with Gasteiger partial charge in [0.25, 0.3) is 0 Å². The Bertz CT molecular complexity index is 389. The lowest BCUT2D eigenvalue weighted by atomic mass is 9.96. The molecule has 17 heavy (non-hydrogen) atoms. The number of carbonyl (C=O) groups is 1. The normalized spacial score (nSPS) is 24.1. The molecule has 5 nitrogen and oxygen atoms in total. The van der Waals surface area contributed by atoms with E-state index in [9.17, 15) is 4.79 Å². The summed E-state index contributed by atoms with van der Waals surface area (Å²) >= 11 is 0. The van der Waals surface area contributed by atoms with Crippen LogP contribution in [-0.2, 0) is 11.8 Å². The number of ether oxygens (including phenoxy) is 1. The van der Waals surface area contributed by atoms with E-state index < -0.39 is 0 Å². The summed E-state index contributed by atoms with van der Waals surface area (Å²) in [4.78, 5) is 12.2. The monoisotopic (exact) mass is 237 g/mol. The molecule has 1 aromatic rings. The van der Waals surface area contributed by atoms with E-state index in [-0.39, 0.29) is 17.7 Å². The SMILES string of the molecule is CCCNC1COCC1C(=O)c1ccn(C)n1. The Balaban J connectivity index is 2.03. The van der Waals surface area contributed by atoms with Gasteiger partial charge < -0.3 is 10.1 Å². The third kappa shape index (κ3) is 2.73. The van der Waals surface area contributed by atoms with Gasteiger partial charge in [-0.3, -0.25) is 9.48 Å². The van der Waals surface area contributed by atoms with Crippen LogP contribution < -0.4 is 5.32 Å². The molecule has 2 atom stereocenters. The van der Waals surface area contributed by atoms with E-state index in [2.05, 4.69) is 17.3 Å². The van der Waals surface area contributed by atoms with Crippen molar-refractivity contribution in [3.63, 3.8) is 0 Å². The first-order valence-electron chi connectivity index (χ1n) is 6.07. The average molecular weight is 237 g/mol. The van der Waals surface area contributed by atoms with Crippen LogP contribution in [-0.4, -0.2) is 41.4 Å². The van der Waals surface area contributed by atoms with Crippen LogP contribution in [0.4, 0.5) is 0 Å². The summed E-state index contributed by atoms with van der Waals surface area (Å²) in [6, 6.07) is 1.89. The maximum atomic E-state index is 12.2. The molecular formula is C12H19N3O2. The van der Waals surface area contributed by atoms with Gasteiger partial charge in [-0.15, -0.1) is 0 Å². The molecule has 1 aliphatic rings. The van der Waals surface area contributed by atoms with Gasteiger partial charge >= 0.3 is 0 Å². The van der Waals surface area contributed by atoms with Crippen LogP contribution in [0.2, 0.25) is 0 Å². The van der Waals surface area contributed by atoms with Crippen LogP contribution in [0.1, 0.15) is 23.8 Å². The van der Waals surface area contributed by atoms with E-state index in [0.717, 1.165) is 13.0 Å². The molecule has 1 saturated heterocycles. The number of nitrogens with one attached hydrogen (secondary N) is 1. The fourth-order valence-electron chi connectivity index (χ4n) is 2.08. The van der Waals surface area contributed by atoms with E-state index in [1.165, 1.54) is 0 Å². The minimum Gasteiger partial charge on any atom is -0.379 e. The van der Waals surface area contributed by atoms with Crippen LogP contribution in [0.3, 0.4) is 0 Å². The molecular weight excluding hydrogens is 218 g/mol. The van der Waals surface area contributed by atoms with Gasteiger partial charge in [0.05, 0.1) is 19.1 Å². The fourth-order valence-corrected chi connectivity index (χ4v) is 2.08. The number of ketones is 1. The second-order valence-corrected chi connectivity index (χ2v) is 4.44. The summed E-state index contributed by atoms with van der Waals surface area (Å²) in [6.45, 7) is 4.14. The number of aromatic nitrogens is 2. The summed E-state index contributed by atoms with van der Waals surface area (Å²) in [5.41, 5.74) is 0.534. The Labute approximate surface area is 101 Å². The van der Waals surface area contributed by atoms with E-state index in [1.54, 1.807) is 16.9 Å². The second-order valence-electron chi connectivity index (χ2n) is 4.44. The molecule has 0 amide bonds. The predicted octanol–water partition coefficient (Wildman–Crippen LogP) is 0.617. The van der Waals surface area contributed by atoms with Gasteiger partial charge in [-0.1, -0.05) is 6.92 Å². The van der Waals surface area contributed by atoms with E-state index >= 15 is 0 Å². The van der Waals surface area contributed by atoms with Crippen molar-refractivity contribution in [1.29, 1.82) is 0 Å². The van der Waals surface area contributed by atoms with Crippen LogP contribution in [0, 0.1) is 5.92 Å². The Hall–Kier alpha value is -1.20. The van der Waals surface area contributed by atoms with Crippen molar-refractivity contribution in [3.05, 3.63) is 18.0 Å². The first kappa shape index (κ1) is 12.3. The standard InChI is InChI=1S/C12H19N3O2/c1-3-5-13-11-8-17-7-9(11)12(16)10-4-6-15(2)14-10/h4,6,9,11,13H,3,5,7-8H2,1-2H3. The maximum absolute atomic E-state index is 12.2. The van der Waals surface area contributed by atoms with Gasteiger partial charge in [0, 0.05) is 19.3 Å². The van der Waals surface area contributed by atoms with Crippen molar-refractivity contribution >= 4 is 5.78 Å². The minimum atomic E-state index is -0.101. The molecule has 2 unspecified atom stereocenters. The molecule has 1 fully saturated rings. The molecule has 1 aromatic heterocycles. The van der Waals surface area contributed by atoms with Crippen LogP contribution in [0.25, 0.3) is 0 Å². The van der Waals surface area contributed by atoms with Gasteiger partial charge in [-0.05, 0) is 19.0 Å². The van der Waals surface area contributed by atoms with Crippen LogP contribution in [0.5, 0.6) is 0 Å². The molecule has 1 aliphatic heterocycles. The summed E-state index contributed by atoms with van der Waals surface area (Å²) in [5.74, 6) is -0.0202. The highest BCUT2D eigenvalue weighted by Crippen LogP contribution is 2.18. The van der Waals surface area contributed by atoms with E-state index in [1.807, 2.05) is 7.05 Å². The smallest absolute Gasteiger partial charge is 0.190 e. The molecule has 0 aromatic carbocycles. The summed E-state index contributed by atoms with van der Waals surface area (Å²) in [5, 5.41) is 7.51. The van der Waals surface area contributed by atoms with Gasteiger partial charge in [-0.25, -0.2) is 0 Å². The lowest BCUT2D eigenvalue weighted by Crippen LogP contribution is -2.39. The number of hydrogen-bond donors (Lipinski definition) is 1. The number of aryl methyl sites for hydroxylation is 1. The minimum absolute atomic E-state index is 0.0803. The Morgan fingerprint density at radius 1 is 1.65 bits per heavy atom. The molecule has 0 saturated carbocycles. The molecule has 1 N–H and O–H groups in total. The Morgan fingerprint density at radius 3 is 3.12 bits per heavy atom. The lowest BCUT2D eigenvalue weighted by Gasteiger charge is -2.16. The van der Waals surface area contributed by atoms with Crippen molar-refractivity contribution in [1.82, 2.24) is 15.1 Å². The highest BCUT2D eigenvalue weighted by molar-refractivity contribution is 5.96. The number of Topliss-reactive ketones (excluding diaryl/α,β-unsaturated/α-hetero) is 1. The number of carbonyl (C=O) groups excluding carboxylic acids is 1. The molecule has 0 aliphatic carbocycles. The second kappa shape index (κ2) is 5.42. The number of hydrogen-bond acceptors (Lipinski definition) is 4. The molecule has 0 bridgehead atoms. The summed E-state index contributed by atoms with van der Waals surface area (Å²) < 4.78 is 7.05. The summed E-state index contributed by atoms with van der Waals surface area (Å²) in [6.07, 6.45) is 2.85. The van der Waals surface area contributed by atoms with Crippen molar-refractivity contribution < 1.29 is 9.53 Å². The third-order valence-electron chi connectivity index (χ3n) is 3.04. The van der Waals surface area contributed by atoms with Crippen molar-refractivity contribution in [3.8, 4) is 0 Å². The molecule has 94 valence electrons. The first-order chi connectivity index (χ1) is 8.22. The Morgan fingerprint density at radius 2 is 2.47 bits per heavy atom. The molecule has 5 heteroatoms.